The Labute approximate surface area is 115 Å². The van der Waals surface area contributed by atoms with Crippen LogP contribution in [-0.4, -0.2) is 16.7 Å². The van der Waals surface area contributed by atoms with Crippen molar-refractivity contribution in [2.75, 3.05) is 11.9 Å². The van der Waals surface area contributed by atoms with Crippen LogP contribution in [0.5, 0.6) is 0 Å². The first-order valence-corrected chi connectivity index (χ1v) is 6.30. The first kappa shape index (κ1) is 14.4. The molecule has 5 nitrogen and oxygen atoms in total. The van der Waals surface area contributed by atoms with Crippen molar-refractivity contribution in [3.05, 3.63) is 35.2 Å². The van der Waals surface area contributed by atoms with Gasteiger partial charge in [0, 0.05) is 6.07 Å². The molecule has 0 saturated carbocycles. The normalized spacial score (nSPS) is 12.4. The van der Waals surface area contributed by atoms with Crippen LogP contribution in [0.3, 0.4) is 0 Å². The SMILES string of the molecule is CCNC(C)c1nnc(Nc2cc(F)c(C)cc2F)o1. The van der Waals surface area contributed by atoms with E-state index in [4.69, 9.17) is 4.42 Å². The number of anilines is 2. The first-order valence-electron chi connectivity index (χ1n) is 6.30. The van der Waals surface area contributed by atoms with Crippen LogP contribution in [0, 0.1) is 18.6 Å². The zero-order chi connectivity index (χ0) is 14.7. The molecule has 0 spiro atoms. The van der Waals surface area contributed by atoms with Crippen molar-refractivity contribution in [1.29, 1.82) is 0 Å². The summed E-state index contributed by atoms with van der Waals surface area (Å²) in [6.07, 6.45) is 0. The fourth-order valence-corrected chi connectivity index (χ4v) is 1.71. The average Bonchev–Trinajstić information content (AvgIpc) is 2.85. The molecular formula is C13H16F2N4O. The number of benzene rings is 1. The largest absolute Gasteiger partial charge is 0.406 e. The fraction of sp³-hybridized carbons (Fsp3) is 0.385. The zero-order valence-corrected chi connectivity index (χ0v) is 11.5. The quantitative estimate of drug-likeness (QED) is 0.882. The number of aryl methyl sites for hydroxylation is 1. The van der Waals surface area contributed by atoms with E-state index in [-0.39, 0.29) is 23.3 Å². The second-order valence-corrected chi connectivity index (χ2v) is 4.43. The third-order valence-electron chi connectivity index (χ3n) is 2.81. The highest BCUT2D eigenvalue weighted by molar-refractivity contribution is 5.53. The Morgan fingerprint density at radius 1 is 1.25 bits per heavy atom. The lowest BCUT2D eigenvalue weighted by atomic mass is 10.2. The van der Waals surface area contributed by atoms with Gasteiger partial charge < -0.3 is 15.1 Å². The molecule has 2 N–H and O–H groups in total. The van der Waals surface area contributed by atoms with Gasteiger partial charge in [0.1, 0.15) is 11.6 Å². The minimum atomic E-state index is -0.580. The van der Waals surface area contributed by atoms with E-state index in [1.54, 1.807) is 0 Å². The van der Waals surface area contributed by atoms with Crippen molar-refractivity contribution in [2.24, 2.45) is 0 Å². The molecule has 1 aromatic heterocycles. The Balaban J connectivity index is 2.16. The standard InChI is InChI=1S/C13H16F2N4O/c1-4-16-8(3)12-18-19-13(20-12)17-11-6-9(14)7(2)5-10(11)15/h5-6,8,16H,4H2,1-3H3,(H,17,19). The molecule has 1 aromatic carbocycles. The van der Waals surface area contributed by atoms with Crippen molar-refractivity contribution < 1.29 is 13.2 Å². The maximum atomic E-state index is 13.7. The van der Waals surface area contributed by atoms with Gasteiger partial charge >= 0.3 is 6.01 Å². The van der Waals surface area contributed by atoms with E-state index >= 15 is 0 Å². The van der Waals surface area contributed by atoms with Gasteiger partial charge in [-0.3, -0.25) is 0 Å². The van der Waals surface area contributed by atoms with E-state index in [2.05, 4.69) is 20.8 Å². The van der Waals surface area contributed by atoms with Crippen LogP contribution in [0.15, 0.2) is 16.5 Å². The van der Waals surface area contributed by atoms with Crippen molar-refractivity contribution in [3.63, 3.8) is 0 Å². The molecule has 1 unspecified atom stereocenters. The minimum Gasteiger partial charge on any atom is -0.406 e. The van der Waals surface area contributed by atoms with Crippen LogP contribution >= 0.6 is 0 Å². The summed E-state index contributed by atoms with van der Waals surface area (Å²) in [4.78, 5) is 0. The Kier molecular flexibility index (Phi) is 4.29. The number of halogens is 2. The van der Waals surface area contributed by atoms with E-state index in [0.29, 0.717) is 5.89 Å². The molecule has 1 atom stereocenters. The molecule has 0 saturated heterocycles. The summed E-state index contributed by atoms with van der Waals surface area (Å²) in [7, 11) is 0. The molecule has 108 valence electrons. The zero-order valence-electron chi connectivity index (χ0n) is 11.5. The van der Waals surface area contributed by atoms with Crippen molar-refractivity contribution in [3.8, 4) is 0 Å². The van der Waals surface area contributed by atoms with Gasteiger partial charge in [-0.25, -0.2) is 8.78 Å². The van der Waals surface area contributed by atoms with Gasteiger partial charge in [-0.05, 0) is 32.0 Å². The van der Waals surface area contributed by atoms with Crippen molar-refractivity contribution in [1.82, 2.24) is 15.5 Å². The van der Waals surface area contributed by atoms with Crippen LogP contribution in [0.2, 0.25) is 0 Å². The summed E-state index contributed by atoms with van der Waals surface area (Å²) in [6.45, 7) is 6.07. The highest BCUT2D eigenvalue weighted by Gasteiger charge is 2.14. The van der Waals surface area contributed by atoms with E-state index in [9.17, 15) is 8.78 Å². The maximum absolute atomic E-state index is 13.7. The molecule has 2 aromatic rings. The summed E-state index contributed by atoms with van der Waals surface area (Å²) in [5.74, 6) is -0.708. The topological polar surface area (TPSA) is 63.0 Å². The van der Waals surface area contributed by atoms with Crippen molar-refractivity contribution in [2.45, 2.75) is 26.8 Å². The molecule has 1 heterocycles. The molecule has 0 amide bonds. The van der Waals surface area contributed by atoms with E-state index in [1.807, 2.05) is 13.8 Å². The Morgan fingerprint density at radius 3 is 2.70 bits per heavy atom. The number of hydrogen-bond donors (Lipinski definition) is 2. The van der Waals surface area contributed by atoms with Crippen molar-refractivity contribution >= 4 is 11.7 Å². The highest BCUT2D eigenvalue weighted by Crippen LogP contribution is 2.23. The molecule has 0 aliphatic carbocycles. The van der Waals surface area contributed by atoms with Gasteiger partial charge in [-0.1, -0.05) is 12.0 Å². The van der Waals surface area contributed by atoms with Gasteiger partial charge in [-0.2, -0.15) is 0 Å². The molecule has 0 fully saturated rings. The number of nitrogens with zero attached hydrogens (tertiary/aromatic N) is 2. The number of rotatable bonds is 5. The van der Waals surface area contributed by atoms with Gasteiger partial charge in [0.25, 0.3) is 0 Å². The number of nitrogens with one attached hydrogen (secondary N) is 2. The first-order chi connectivity index (χ1) is 9.51. The molecule has 0 bridgehead atoms. The van der Waals surface area contributed by atoms with E-state index in [1.165, 1.54) is 6.92 Å². The lowest BCUT2D eigenvalue weighted by molar-refractivity contribution is 0.430. The Bertz CT molecular complexity index is 600. The smallest absolute Gasteiger partial charge is 0.320 e. The molecule has 20 heavy (non-hydrogen) atoms. The Hall–Kier alpha value is -2.02. The molecule has 2 rings (SSSR count). The summed E-state index contributed by atoms with van der Waals surface area (Å²) >= 11 is 0. The third-order valence-corrected chi connectivity index (χ3v) is 2.81. The lowest BCUT2D eigenvalue weighted by Gasteiger charge is -2.07. The molecule has 0 radical (unpaired) electrons. The number of hydrogen-bond acceptors (Lipinski definition) is 5. The average molecular weight is 282 g/mol. The Morgan fingerprint density at radius 2 is 2.00 bits per heavy atom. The minimum absolute atomic E-state index is 0.0203. The van der Waals surface area contributed by atoms with Crippen LogP contribution in [0.25, 0.3) is 0 Å². The predicted molar refractivity (Wildman–Crippen MR) is 70.8 cm³/mol. The van der Waals surface area contributed by atoms with Gasteiger partial charge in [0.15, 0.2) is 0 Å². The second-order valence-electron chi connectivity index (χ2n) is 4.43. The van der Waals surface area contributed by atoms with Crippen LogP contribution in [-0.2, 0) is 0 Å². The summed E-state index contributed by atoms with van der Waals surface area (Å²) in [5, 5.41) is 13.3. The van der Waals surface area contributed by atoms with Crippen LogP contribution in [0.4, 0.5) is 20.5 Å². The summed E-state index contributed by atoms with van der Waals surface area (Å²) < 4.78 is 32.4. The van der Waals surface area contributed by atoms with Gasteiger partial charge in [0.2, 0.25) is 5.89 Å². The molecular weight excluding hydrogens is 266 g/mol. The third kappa shape index (κ3) is 3.11. The summed E-state index contributed by atoms with van der Waals surface area (Å²) in [6, 6.07) is 2.08. The highest BCUT2D eigenvalue weighted by atomic mass is 19.1. The van der Waals surface area contributed by atoms with E-state index in [0.717, 1.165) is 18.7 Å². The monoisotopic (exact) mass is 282 g/mol. The molecule has 0 aliphatic rings. The van der Waals surface area contributed by atoms with Crippen LogP contribution in [0.1, 0.15) is 31.3 Å². The van der Waals surface area contributed by atoms with Crippen LogP contribution < -0.4 is 10.6 Å². The predicted octanol–water partition coefficient (Wildman–Crippen LogP) is 3.07. The molecule has 0 aliphatic heterocycles. The van der Waals surface area contributed by atoms with Gasteiger partial charge in [0.05, 0.1) is 11.7 Å². The fourth-order valence-electron chi connectivity index (χ4n) is 1.71. The van der Waals surface area contributed by atoms with Gasteiger partial charge in [-0.15, -0.1) is 5.10 Å². The number of aromatic nitrogens is 2. The second kappa shape index (κ2) is 5.96. The maximum Gasteiger partial charge on any atom is 0.320 e. The van der Waals surface area contributed by atoms with E-state index < -0.39 is 11.6 Å². The summed E-state index contributed by atoms with van der Waals surface area (Å²) in [5.41, 5.74) is 0.194. The lowest BCUT2D eigenvalue weighted by Crippen LogP contribution is -2.17. The molecule has 7 heteroatoms.